The average Bonchev–Trinajstić information content (AvgIpc) is 2.54. The summed E-state index contributed by atoms with van der Waals surface area (Å²) < 4.78 is 5.48. The quantitative estimate of drug-likeness (QED) is 0.773. The maximum absolute atomic E-state index is 11.5. The third kappa shape index (κ3) is 3.89. The summed E-state index contributed by atoms with van der Waals surface area (Å²) >= 11 is 0. The maximum Gasteiger partial charge on any atom is 0.336 e. The minimum Gasteiger partial charge on any atom is -0.478 e. The number of Topliss-reactive ketones (excluding diaryl/α,β-unsaturated/α-hetero) is 2. The molecule has 0 aromatic heterocycles. The van der Waals surface area contributed by atoms with Gasteiger partial charge in [0.2, 0.25) is 0 Å². The molecule has 0 aliphatic carbocycles. The van der Waals surface area contributed by atoms with Crippen LogP contribution >= 0.6 is 0 Å². The molecule has 25 heavy (non-hydrogen) atoms. The number of hydrogen-bond acceptors (Lipinski definition) is 5. The first-order chi connectivity index (χ1) is 11.7. The van der Waals surface area contributed by atoms with Crippen LogP contribution in [-0.2, 0) is 0 Å². The summed E-state index contributed by atoms with van der Waals surface area (Å²) in [5, 5.41) is 18.4. The largest absolute Gasteiger partial charge is 0.478 e. The first-order valence-electron chi connectivity index (χ1n) is 7.15. The number of carboxylic acids is 2. The van der Waals surface area contributed by atoms with Gasteiger partial charge in [0.1, 0.15) is 11.5 Å². The highest BCUT2D eigenvalue weighted by Gasteiger charge is 2.17. The smallest absolute Gasteiger partial charge is 0.336 e. The number of benzene rings is 2. The van der Waals surface area contributed by atoms with Gasteiger partial charge in [-0.1, -0.05) is 0 Å². The normalized spacial score (nSPS) is 10.2. The van der Waals surface area contributed by atoms with Crippen molar-refractivity contribution in [1.82, 2.24) is 0 Å². The molecule has 2 N–H and O–H groups in total. The lowest BCUT2D eigenvalue weighted by molar-refractivity contribution is 0.0683. The van der Waals surface area contributed by atoms with Crippen LogP contribution in [0, 0.1) is 0 Å². The molecule has 0 radical (unpaired) electrons. The van der Waals surface area contributed by atoms with Crippen molar-refractivity contribution in [2.45, 2.75) is 13.8 Å². The van der Waals surface area contributed by atoms with Crippen molar-refractivity contribution in [3.63, 3.8) is 0 Å². The van der Waals surface area contributed by atoms with Crippen LogP contribution < -0.4 is 4.74 Å². The third-order valence-electron chi connectivity index (χ3n) is 3.44. The molecule has 0 unspecified atom stereocenters. The summed E-state index contributed by atoms with van der Waals surface area (Å²) in [6.07, 6.45) is 0. The van der Waals surface area contributed by atoms with Crippen molar-refractivity contribution in [3.05, 3.63) is 58.7 Å². The van der Waals surface area contributed by atoms with E-state index in [1.807, 2.05) is 0 Å². The second-order valence-corrected chi connectivity index (χ2v) is 5.24. The fourth-order valence-electron chi connectivity index (χ4n) is 2.28. The fraction of sp³-hybridized carbons (Fsp3) is 0.111. The Kier molecular flexibility index (Phi) is 4.97. The lowest BCUT2D eigenvalue weighted by Crippen LogP contribution is -2.07. The average molecular weight is 342 g/mol. The van der Waals surface area contributed by atoms with Crippen molar-refractivity contribution in [1.29, 1.82) is 0 Å². The summed E-state index contributed by atoms with van der Waals surface area (Å²) in [5.41, 5.74) is -0.358. The molecule has 0 saturated carbocycles. The third-order valence-corrected chi connectivity index (χ3v) is 3.44. The molecule has 0 heterocycles. The molecule has 0 aliphatic rings. The Hall–Kier alpha value is -3.48. The van der Waals surface area contributed by atoms with E-state index in [4.69, 9.17) is 4.74 Å². The van der Waals surface area contributed by atoms with E-state index in [0.717, 1.165) is 0 Å². The lowest BCUT2D eigenvalue weighted by atomic mass is 10.0. The second kappa shape index (κ2) is 6.96. The molecule has 0 fully saturated rings. The van der Waals surface area contributed by atoms with Gasteiger partial charge >= 0.3 is 11.9 Å². The minimum atomic E-state index is -1.28. The molecular formula is C18H14O7. The molecule has 0 spiro atoms. The van der Waals surface area contributed by atoms with Crippen LogP contribution in [0.4, 0.5) is 0 Å². The van der Waals surface area contributed by atoms with Crippen LogP contribution in [-0.4, -0.2) is 33.7 Å². The summed E-state index contributed by atoms with van der Waals surface area (Å²) in [7, 11) is 0. The topological polar surface area (TPSA) is 118 Å². The molecule has 2 aromatic rings. The number of ketones is 2. The Labute approximate surface area is 142 Å². The standard InChI is InChI=1S/C18H14O7/c1-9(19)13-5-3-11(7-15(13)17(21)22)25-12-4-6-14(10(2)20)16(8-12)18(23)24/h3-8H,1-2H3,(H,21,22)(H,23,24). The zero-order valence-electron chi connectivity index (χ0n) is 13.4. The first kappa shape index (κ1) is 17.9. The van der Waals surface area contributed by atoms with E-state index in [0.29, 0.717) is 0 Å². The number of carbonyl (C=O) groups is 4. The minimum absolute atomic E-state index is 0.0398. The van der Waals surface area contributed by atoms with E-state index in [1.165, 1.54) is 50.2 Å². The number of aromatic carboxylic acids is 2. The van der Waals surface area contributed by atoms with Crippen molar-refractivity contribution in [3.8, 4) is 11.5 Å². The summed E-state index contributed by atoms with van der Waals surface area (Å²) in [6.45, 7) is 2.50. The predicted octanol–water partition coefficient (Wildman–Crippen LogP) is 3.28. The molecule has 0 amide bonds. The summed E-state index contributed by atoms with van der Waals surface area (Å²) in [5.74, 6) is -3.13. The molecule has 7 heteroatoms. The van der Waals surface area contributed by atoms with Gasteiger partial charge in [-0.05, 0) is 50.2 Å². The van der Waals surface area contributed by atoms with Gasteiger partial charge in [0.15, 0.2) is 11.6 Å². The molecule has 2 rings (SSSR count). The number of rotatable bonds is 6. The van der Waals surface area contributed by atoms with E-state index in [2.05, 4.69) is 0 Å². The van der Waals surface area contributed by atoms with Gasteiger partial charge in [-0.3, -0.25) is 9.59 Å². The SMILES string of the molecule is CC(=O)c1ccc(Oc2ccc(C(C)=O)c(C(=O)O)c2)cc1C(=O)O. The summed E-state index contributed by atoms with van der Waals surface area (Å²) in [4.78, 5) is 45.5. The van der Waals surface area contributed by atoms with E-state index in [-0.39, 0.29) is 33.8 Å². The molecule has 0 aliphatic heterocycles. The molecule has 7 nitrogen and oxygen atoms in total. The lowest BCUT2D eigenvalue weighted by Gasteiger charge is -2.10. The Bertz CT molecular complexity index is 823. The zero-order valence-corrected chi connectivity index (χ0v) is 13.4. The molecular weight excluding hydrogens is 328 g/mol. The Balaban J connectivity index is 2.43. The van der Waals surface area contributed by atoms with Gasteiger partial charge < -0.3 is 14.9 Å². The van der Waals surface area contributed by atoms with Gasteiger partial charge in [-0.2, -0.15) is 0 Å². The molecule has 0 bridgehead atoms. The number of carbonyl (C=O) groups excluding carboxylic acids is 2. The monoisotopic (exact) mass is 342 g/mol. The van der Waals surface area contributed by atoms with Gasteiger partial charge in [0, 0.05) is 11.1 Å². The van der Waals surface area contributed by atoms with Crippen molar-refractivity contribution >= 4 is 23.5 Å². The number of carboxylic acid groups (broad SMARTS) is 2. The molecule has 2 aromatic carbocycles. The Morgan fingerprint density at radius 2 is 1.04 bits per heavy atom. The van der Waals surface area contributed by atoms with Crippen LogP contribution in [0.15, 0.2) is 36.4 Å². The van der Waals surface area contributed by atoms with Crippen LogP contribution in [0.3, 0.4) is 0 Å². The summed E-state index contributed by atoms with van der Waals surface area (Å²) in [6, 6.07) is 7.81. The highest BCUT2D eigenvalue weighted by molar-refractivity contribution is 6.05. The Morgan fingerprint density at radius 1 is 0.680 bits per heavy atom. The van der Waals surface area contributed by atoms with Gasteiger partial charge in [-0.25, -0.2) is 9.59 Å². The predicted molar refractivity (Wildman–Crippen MR) is 86.9 cm³/mol. The van der Waals surface area contributed by atoms with E-state index in [9.17, 15) is 29.4 Å². The second-order valence-electron chi connectivity index (χ2n) is 5.24. The van der Waals surface area contributed by atoms with Crippen LogP contribution in [0.2, 0.25) is 0 Å². The van der Waals surface area contributed by atoms with Crippen molar-refractivity contribution < 1.29 is 34.1 Å². The molecule has 0 atom stereocenters. The highest BCUT2D eigenvalue weighted by Crippen LogP contribution is 2.27. The van der Waals surface area contributed by atoms with E-state index >= 15 is 0 Å². The molecule has 128 valence electrons. The number of ether oxygens (including phenoxy) is 1. The van der Waals surface area contributed by atoms with Gasteiger partial charge in [0.25, 0.3) is 0 Å². The van der Waals surface area contributed by atoms with Crippen LogP contribution in [0.1, 0.15) is 55.3 Å². The number of hydrogen-bond donors (Lipinski definition) is 2. The van der Waals surface area contributed by atoms with E-state index < -0.39 is 23.5 Å². The first-order valence-corrected chi connectivity index (χ1v) is 7.15. The maximum atomic E-state index is 11.5. The van der Waals surface area contributed by atoms with Gasteiger partial charge in [0.05, 0.1) is 11.1 Å². The fourth-order valence-corrected chi connectivity index (χ4v) is 2.28. The van der Waals surface area contributed by atoms with E-state index in [1.54, 1.807) is 0 Å². The Morgan fingerprint density at radius 3 is 1.32 bits per heavy atom. The van der Waals surface area contributed by atoms with Crippen LogP contribution in [0.25, 0.3) is 0 Å². The molecule has 0 saturated heterocycles. The van der Waals surface area contributed by atoms with Crippen molar-refractivity contribution in [2.24, 2.45) is 0 Å². The van der Waals surface area contributed by atoms with Crippen molar-refractivity contribution in [2.75, 3.05) is 0 Å². The zero-order chi connectivity index (χ0) is 18.7. The van der Waals surface area contributed by atoms with Gasteiger partial charge in [-0.15, -0.1) is 0 Å². The highest BCUT2D eigenvalue weighted by atomic mass is 16.5. The van der Waals surface area contributed by atoms with Crippen LogP contribution in [0.5, 0.6) is 11.5 Å².